The van der Waals surface area contributed by atoms with Crippen molar-refractivity contribution in [1.29, 1.82) is 0 Å². The molecule has 2 fully saturated rings. The van der Waals surface area contributed by atoms with E-state index in [9.17, 15) is 0 Å². The van der Waals surface area contributed by atoms with Crippen molar-refractivity contribution in [3.63, 3.8) is 0 Å². The minimum absolute atomic E-state index is 0.0708. The quantitative estimate of drug-likeness (QED) is 0.751. The first-order valence-electron chi connectivity index (χ1n) is 6.67. The molecule has 1 aliphatic carbocycles. The Balaban J connectivity index is 1.98. The van der Waals surface area contributed by atoms with Gasteiger partial charge in [0.25, 0.3) is 0 Å². The van der Waals surface area contributed by atoms with Crippen LogP contribution in [0.2, 0.25) is 0 Å². The van der Waals surface area contributed by atoms with Crippen molar-refractivity contribution in [2.45, 2.75) is 44.6 Å². The van der Waals surface area contributed by atoms with E-state index in [1.54, 1.807) is 7.11 Å². The number of morpholine rings is 1. The van der Waals surface area contributed by atoms with E-state index >= 15 is 0 Å². The average molecular weight is 243 g/mol. The number of rotatable bonds is 3. The Hall–Kier alpha value is -0.160. The van der Waals surface area contributed by atoms with Crippen molar-refractivity contribution >= 4 is 0 Å². The Bertz CT molecular complexity index is 237. The molecule has 17 heavy (non-hydrogen) atoms. The summed E-state index contributed by atoms with van der Waals surface area (Å²) in [6, 6.07) is 0.533. The highest BCUT2D eigenvalue weighted by Gasteiger charge is 2.36. The van der Waals surface area contributed by atoms with E-state index in [0.717, 1.165) is 19.7 Å². The molecule has 4 nitrogen and oxygen atoms in total. The molecule has 1 aliphatic heterocycles. The van der Waals surface area contributed by atoms with E-state index in [1.807, 2.05) is 7.11 Å². The molecule has 4 heteroatoms. The topological polar surface area (TPSA) is 30.9 Å². The van der Waals surface area contributed by atoms with Crippen LogP contribution < -0.4 is 0 Å². The van der Waals surface area contributed by atoms with Gasteiger partial charge in [-0.2, -0.15) is 0 Å². The first-order chi connectivity index (χ1) is 8.26. The highest BCUT2D eigenvalue weighted by Crippen LogP contribution is 2.30. The highest BCUT2D eigenvalue weighted by molar-refractivity contribution is 4.89. The van der Waals surface area contributed by atoms with Gasteiger partial charge in [-0.25, -0.2) is 0 Å². The standard InChI is InChI=1S/C13H25NO3/c1-10-5-4-6-11(13(10)16-3)14-7-8-17-12(9-14)15-2/h10-13H,4-9H2,1-3H3. The van der Waals surface area contributed by atoms with E-state index in [-0.39, 0.29) is 6.29 Å². The number of hydrogen-bond donors (Lipinski definition) is 0. The number of ether oxygens (including phenoxy) is 3. The summed E-state index contributed by atoms with van der Waals surface area (Å²) in [6.07, 6.45) is 4.12. The van der Waals surface area contributed by atoms with Gasteiger partial charge in [0.1, 0.15) is 0 Å². The summed E-state index contributed by atoms with van der Waals surface area (Å²) in [7, 11) is 3.55. The summed E-state index contributed by atoms with van der Waals surface area (Å²) in [6.45, 7) is 4.93. The lowest BCUT2D eigenvalue weighted by molar-refractivity contribution is -0.182. The largest absolute Gasteiger partial charge is 0.380 e. The molecule has 0 radical (unpaired) electrons. The van der Waals surface area contributed by atoms with Crippen LogP contribution in [0.15, 0.2) is 0 Å². The predicted molar refractivity (Wildman–Crippen MR) is 65.9 cm³/mol. The first kappa shape index (κ1) is 13.3. The second-order valence-corrected chi connectivity index (χ2v) is 5.21. The molecule has 100 valence electrons. The van der Waals surface area contributed by atoms with Gasteiger partial charge in [0.05, 0.1) is 12.7 Å². The van der Waals surface area contributed by atoms with E-state index in [1.165, 1.54) is 19.3 Å². The lowest BCUT2D eigenvalue weighted by atomic mass is 9.83. The van der Waals surface area contributed by atoms with Crippen LogP contribution in [0.1, 0.15) is 26.2 Å². The van der Waals surface area contributed by atoms with Crippen LogP contribution in [0.25, 0.3) is 0 Å². The van der Waals surface area contributed by atoms with Gasteiger partial charge in [0.15, 0.2) is 6.29 Å². The fraction of sp³-hybridized carbons (Fsp3) is 1.00. The van der Waals surface area contributed by atoms with E-state index < -0.39 is 0 Å². The van der Waals surface area contributed by atoms with E-state index in [4.69, 9.17) is 14.2 Å². The normalized spacial score (nSPS) is 40.4. The van der Waals surface area contributed by atoms with Gasteiger partial charge in [-0.15, -0.1) is 0 Å². The summed E-state index contributed by atoms with van der Waals surface area (Å²) in [5, 5.41) is 0. The molecule has 0 N–H and O–H groups in total. The third-order valence-electron chi connectivity index (χ3n) is 4.17. The monoisotopic (exact) mass is 243 g/mol. The van der Waals surface area contributed by atoms with E-state index in [2.05, 4.69) is 11.8 Å². The van der Waals surface area contributed by atoms with Crippen molar-refractivity contribution in [2.75, 3.05) is 33.9 Å². The van der Waals surface area contributed by atoms with E-state index in [0.29, 0.717) is 18.1 Å². The summed E-state index contributed by atoms with van der Waals surface area (Å²) >= 11 is 0. The predicted octanol–water partition coefficient (Wildman–Crippen LogP) is 1.49. The van der Waals surface area contributed by atoms with Gasteiger partial charge in [0, 0.05) is 33.4 Å². The zero-order valence-electron chi connectivity index (χ0n) is 11.2. The molecule has 2 aliphatic rings. The molecule has 2 rings (SSSR count). The second-order valence-electron chi connectivity index (χ2n) is 5.21. The van der Waals surface area contributed by atoms with Crippen LogP contribution in [0, 0.1) is 5.92 Å². The molecule has 1 saturated heterocycles. The third kappa shape index (κ3) is 2.99. The Morgan fingerprint density at radius 1 is 1.18 bits per heavy atom. The van der Waals surface area contributed by atoms with Crippen molar-refractivity contribution in [1.82, 2.24) is 4.90 Å². The fourth-order valence-corrected chi connectivity index (χ4v) is 3.22. The molecule has 1 heterocycles. The first-order valence-corrected chi connectivity index (χ1v) is 6.67. The summed E-state index contributed by atoms with van der Waals surface area (Å²) in [5.74, 6) is 0.655. The lowest BCUT2D eigenvalue weighted by Gasteiger charge is -2.44. The average Bonchev–Trinajstić information content (AvgIpc) is 2.38. The molecular formula is C13H25NO3. The Morgan fingerprint density at radius 3 is 2.71 bits per heavy atom. The molecule has 0 aromatic rings. The smallest absolute Gasteiger partial charge is 0.169 e. The van der Waals surface area contributed by atoms with Crippen LogP contribution in [0.4, 0.5) is 0 Å². The van der Waals surface area contributed by atoms with Crippen LogP contribution in [-0.2, 0) is 14.2 Å². The molecule has 4 unspecified atom stereocenters. The highest BCUT2D eigenvalue weighted by atomic mass is 16.7. The van der Waals surface area contributed by atoms with Crippen LogP contribution in [0.5, 0.6) is 0 Å². The summed E-state index contributed by atoms with van der Waals surface area (Å²) in [5.41, 5.74) is 0. The second kappa shape index (κ2) is 6.14. The van der Waals surface area contributed by atoms with Gasteiger partial charge in [-0.1, -0.05) is 13.3 Å². The zero-order chi connectivity index (χ0) is 12.3. The van der Waals surface area contributed by atoms with Crippen molar-refractivity contribution in [2.24, 2.45) is 5.92 Å². The summed E-state index contributed by atoms with van der Waals surface area (Å²) < 4.78 is 16.6. The maximum atomic E-state index is 5.71. The molecule has 0 amide bonds. The molecular weight excluding hydrogens is 218 g/mol. The molecule has 0 aromatic carbocycles. The van der Waals surface area contributed by atoms with Crippen molar-refractivity contribution in [3.8, 4) is 0 Å². The van der Waals surface area contributed by atoms with Crippen LogP contribution in [0.3, 0.4) is 0 Å². The SMILES string of the molecule is COC1CN(C2CCCC(C)C2OC)CCO1. The molecule has 0 aromatic heterocycles. The molecule has 4 atom stereocenters. The zero-order valence-corrected chi connectivity index (χ0v) is 11.2. The van der Waals surface area contributed by atoms with Crippen molar-refractivity contribution in [3.05, 3.63) is 0 Å². The molecule has 1 saturated carbocycles. The van der Waals surface area contributed by atoms with Crippen LogP contribution >= 0.6 is 0 Å². The minimum atomic E-state index is -0.0708. The lowest BCUT2D eigenvalue weighted by Crippen LogP contribution is -2.55. The third-order valence-corrected chi connectivity index (χ3v) is 4.17. The number of hydrogen-bond acceptors (Lipinski definition) is 4. The van der Waals surface area contributed by atoms with Gasteiger partial charge < -0.3 is 14.2 Å². The van der Waals surface area contributed by atoms with Crippen LogP contribution in [-0.4, -0.2) is 57.3 Å². The van der Waals surface area contributed by atoms with Gasteiger partial charge in [0.2, 0.25) is 0 Å². The molecule has 0 spiro atoms. The van der Waals surface area contributed by atoms with Gasteiger partial charge >= 0.3 is 0 Å². The summed E-state index contributed by atoms with van der Waals surface area (Å²) in [4.78, 5) is 2.49. The Kier molecular flexibility index (Phi) is 4.79. The number of methoxy groups -OCH3 is 2. The molecule has 0 bridgehead atoms. The van der Waals surface area contributed by atoms with Gasteiger partial charge in [-0.05, 0) is 18.8 Å². The maximum Gasteiger partial charge on any atom is 0.169 e. The Morgan fingerprint density at radius 2 is 2.00 bits per heavy atom. The fourth-order valence-electron chi connectivity index (χ4n) is 3.22. The minimum Gasteiger partial charge on any atom is -0.380 e. The maximum absolute atomic E-state index is 5.71. The Labute approximate surface area is 104 Å². The number of nitrogens with zero attached hydrogens (tertiary/aromatic N) is 1. The van der Waals surface area contributed by atoms with Gasteiger partial charge in [-0.3, -0.25) is 4.90 Å². The van der Waals surface area contributed by atoms with Crippen molar-refractivity contribution < 1.29 is 14.2 Å².